The quantitative estimate of drug-likeness (QED) is 0.717. The molecule has 18 heavy (non-hydrogen) atoms. The molecule has 100 valence electrons. The molecule has 1 aromatic rings. The molecule has 3 heteroatoms. The van der Waals surface area contributed by atoms with Gasteiger partial charge in [0.1, 0.15) is 0 Å². The highest BCUT2D eigenvalue weighted by Gasteiger charge is 2.10. The summed E-state index contributed by atoms with van der Waals surface area (Å²) >= 11 is 0. The molecule has 0 saturated heterocycles. The number of benzene rings is 1. The van der Waals surface area contributed by atoms with Crippen molar-refractivity contribution in [2.75, 3.05) is 19.6 Å². The Morgan fingerprint density at radius 2 is 1.94 bits per heavy atom. The summed E-state index contributed by atoms with van der Waals surface area (Å²) in [6.45, 7) is 4.30. The van der Waals surface area contributed by atoms with Gasteiger partial charge in [-0.1, -0.05) is 30.3 Å². The summed E-state index contributed by atoms with van der Waals surface area (Å²) in [5.41, 5.74) is 6.72. The summed E-state index contributed by atoms with van der Waals surface area (Å²) in [5, 5.41) is 0. The topological polar surface area (TPSA) is 46.3 Å². The first kappa shape index (κ1) is 14.7. The lowest BCUT2D eigenvalue weighted by atomic mass is 10.1. The largest absolute Gasteiger partial charge is 0.343 e. The average Bonchev–Trinajstić information content (AvgIpc) is 2.41. The van der Waals surface area contributed by atoms with Crippen molar-refractivity contribution in [3.63, 3.8) is 0 Å². The van der Waals surface area contributed by atoms with E-state index in [1.54, 1.807) is 0 Å². The summed E-state index contributed by atoms with van der Waals surface area (Å²) in [6, 6.07) is 10.3. The van der Waals surface area contributed by atoms with E-state index in [4.69, 9.17) is 5.73 Å². The van der Waals surface area contributed by atoms with Crippen LogP contribution in [0.3, 0.4) is 0 Å². The van der Waals surface area contributed by atoms with Crippen molar-refractivity contribution in [2.24, 2.45) is 5.73 Å². The van der Waals surface area contributed by atoms with Crippen LogP contribution in [0.1, 0.15) is 31.7 Å². The number of hydrogen-bond donors (Lipinski definition) is 1. The summed E-state index contributed by atoms with van der Waals surface area (Å²) in [5.74, 6) is 0.252. The smallest absolute Gasteiger partial charge is 0.222 e. The predicted molar refractivity (Wildman–Crippen MR) is 75.3 cm³/mol. The average molecular weight is 248 g/mol. The maximum absolute atomic E-state index is 12.0. The SMILES string of the molecule is CCN(CCc1ccccc1)C(=O)CCCCN. The van der Waals surface area contributed by atoms with E-state index >= 15 is 0 Å². The normalized spacial score (nSPS) is 10.3. The van der Waals surface area contributed by atoms with E-state index in [-0.39, 0.29) is 5.91 Å². The van der Waals surface area contributed by atoms with Crippen molar-refractivity contribution >= 4 is 5.91 Å². The zero-order valence-electron chi connectivity index (χ0n) is 11.3. The molecule has 0 spiro atoms. The van der Waals surface area contributed by atoms with Gasteiger partial charge in [0.15, 0.2) is 0 Å². The molecule has 2 N–H and O–H groups in total. The van der Waals surface area contributed by atoms with Crippen molar-refractivity contribution < 1.29 is 4.79 Å². The van der Waals surface area contributed by atoms with Crippen molar-refractivity contribution in [1.29, 1.82) is 0 Å². The van der Waals surface area contributed by atoms with E-state index in [0.29, 0.717) is 13.0 Å². The highest BCUT2D eigenvalue weighted by molar-refractivity contribution is 5.76. The second-order valence-corrected chi connectivity index (χ2v) is 4.45. The number of likely N-dealkylation sites (N-methyl/N-ethyl adjacent to an activating group) is 1. The van der Waals surface area contributed by atoms with E-state index in [1.165, 1.54) is 5.56 Å². The summed E-state index contributed by atoms with van der Waals surface area (Å²) in [7, 11) is 0. The van der Waals surface area contributed by atoms with Crippen LogP contribution in [-0.2, 0) is 11.2 Å². The molecule has 0 aliphatic rings. The lowest BCUT2D eigenvalue weighted by Crippen LogP contribution is -2.32. The van der Waals surface area contributed by atoms with E-state index in [1.807, 2.05) is 30.0 Å². The van der Waals surface area contributed by atoms with Gasteiger partial charge in [0.25, 0.3) is 0 Å². The molecule has 0 heterocycles. The van der Waals surface area contributed by atoms with Gasteiger partial charge >= 0.3 is 0 Å². The van der Waals surface area contributed by atoms with Crippen LogP contribution in [0.4, 0.5) is 0 Å². The van der Waals surface area contributed by atoms with Gasteiger partial charge in [-0.3, -0.25) is 4.79 Å². The van der Waals surface area contributed by atoms with Gasteiger partial charge < -0.3 is 10.6 Å². The molecule has 0 aromatic heterocycles. The molecule has 0 fully saturated rings. The van der Waals surface area contributed by atoms with Crippen LogP contribution in [0, 0.1) is 0 Å². The Kier molecular flexibility index (Phi) is 7.11. The Morgan fingerprint density at radius 1 is 1.22 bits per heavy atom. The Morgan fingerprint density at radius 3 is 2.56 bits per heavy atom. The highest BCUT2D eigenvalue weighted by Crippen LogP contribution is 2.04. The zero-order chi connectivity index (χ0) is 13.2. The fourth-order valence-electron chi connectivity index (χ4n) is 1.95. The Balaban J connectivity index is 2.35. The Hall–Kier alpha value is -1.35. The number of carbonyl (C=O) groups excluding carboxylic acids is 1. The molecule has 0 radical (unpaired) electrons. The van der Waals surface area contributed by atoms with E-state index in [9.17, 15) is 4.79 Å². The van der Waals surface area contributed by atoms with Crippen LogP contribution >= 0.6 is 0 Å². The first-order valence-corrected chi connectivity index (χ1v) is 6.79. The summed E-state index contributed by atoms with van der Waals surface area (Å²) in [4.78, 5) is 13.9. The number of amides is 1. The first-order chi connectivity index (χ1) is 8.77. The van der Waals surface area contributed by atoms with Crippen molar-refractivity contribution in [2.45, 2.75) is 32.6 Å². The number of hydrogen-bond acceptors (Lipinski definition) is 2. The van der Waals surface area contributed by atoms with Crippen molar-refractivity contribution in [1.82, 2.24) is 4.90 Å². The lowest BCUT2D eigenvalue weighted by molar-refractivity contribution is -0.131. The van der Waals surface area contributed by atoms with Gasteiger partial charge in [0, 0.05) is 19.5 Å². The lowest BCUT2D eigenvalue weighted by Gasteiger charge is -2.21. The molecule has 3 nitrogen and oxygen atoms in total. The standard InChI is InChI=1S/C15H24N2O/c1-2-17(15(18)10-6-7-12-16)13-11-14-8-4-3-5-9-14/h3-5,8-9H,2,6-7,10-13,16H2,1H3. The number of unbranched alkanes of at least 4 members (excludes halogenated alkanes) is 1. The minimum atomic E-state index is 0.252. The zero-order valence-corrected chi connectivity index (χ0v) is 11.3. The number of nitrogens with two attached hydrogens (primary N) is 1. The second-order valence-electron chi connectivity index (χ2n) is 4.45. The number of carbonyl (C=O) groups is 1. The number of rotatable bonds is 8. The summed E-state index contributed by atoms with van der Waals surface area (Å²) < 4.78 is 0. The first-order valence-electron chi connectivity index (χ1n) is 6.79. The molecule has 1 amide bonds. The third-order valence-corrected chi connectivity index (χ3v) is 3.09. The van der Waals surface area contributed by atoms with Gasteiger partial charge in [0.05, 0.1) is 0 Å². The van der Waals surface area contributed by atoms with Crippen LogP contribution in [0.15, 0.2) is 30.3 Å². The van der Waals surface area contributed by atoms with Crippen LogP contribution in [0.25, 0.3) is 0 Å². The maximum atomic E-state index is 12.0. The molecule has 0 bridgehead atoms. The molecule has 0 saturated carbocycles. The maximum Gasteiger partial charge on any atom is 0.222 e. The summed E-state index contributed by atoms with van der Waals surface area (Å²) in [6.07, 6.45) is 3.39. The van der Waals surface area contributed by atoms with Gasteiger partial charge in [-0.05, 0) is 38.3 Å². The molecule has 0 unspecified atom stereocenters. The monoisotopic (exact) mass is 248 g/mol. The van der Waals surface area contributed by atoms with Crippen LogP contribution in [0.2, 0.25) is 0 Å². The van der Waals surface area contributed by atoms with Gasteiger partial charge in [0.2, 0.25) is 5.91 Å². The van der Waals surface area contributed by atoms with Crippen LogP contribution < -0.4 is 5.73 Å². The highest BCUT2D eigenvalue weighted by atomic mass is 16.2. The number of nitrogens with zero attached hydrogens (tertiary/aromatic N) is 1. The van der Waals surface area contributed by atoms with Crippen LogP contribution in [0.5, 0.6) is 0 Å². The molecule has 0 atom stereocenters. The van der Waals surface area contributed by atoms with Gasteiger partial charge in [-0.25, -0.2) is 0 Å². The van der Waals surface area contributed by atoms with E-state index < -0.39 is 0 Å². The predicted octanol–water partition coefficient (Wildman–Crippen LogP) is 2.21. The van der Waals surface area contributed by atoms with Crippen molar-refractivity contribution in [3.05, 3.63) is 35.9 Å². The molecule has 0 aliphatic carbocycles. The minimum absolute atomic E-state index is 0.252. The molecule has 0 aliphatic heterocycles. The van der Waals surface area contributed by atoms with Gasteiger partial charge in [-0.15, -0.1) is 0 Å². The van der Waals surface area contributed by atoms with E-state index in [0.717, 1.165) is 32.4 Å². The molecule has 1 rings (SSSR count). The van der Waals surface area contributed by atoms with Crippen molar-refractivity contribution in [3.8, 4) is 0 Å². The fourth-order valence-corrected chi connectivity index (χ4v) is 1.95. The van der Waals surface area contributed by atoms with Crippen LogP contribution in [-0.4, -0.2) is 30.4 Å². The minimum Gasteiger partial charge on any atom is -0.343 e. The molecule has 1 aromatic carbocycles. The second kappa shape index (κ2) is 8.70. The van der Waals surface area contributed by atoms with Gasteiger partial charge in [-0.2, -0.15) is 0 Å². The third kappa shape index (κ3) is 5.32. The Bertz CT molecular complexity index is 338. The molecular weight excluding hydrogens is 224 g/mol. The molecular formula is C15H24N2O. The fraction of sp³-hybridized carbons (Fsp3) is 0.533. The third-order valence-electron chi connectivity index (χ3n) is 3.09. The Labute approximate surface area is 110 Å². The van der Waals surface area contributed by atoms with E-state index in [2.05, 4.69) is 12.1 Å².